The maximum atomic E-state index is 13.7. The van der Waals surface area contributed by atoms with Gasteiger partial charge in [0.25, 0.3) is 0 Å². The molecule has 6 heteroatoms. The molecular formula is C16H19FN2O2S. The number of aromatic nitrogens is 1. The van der Waals surface area contributed by atoms with E-state index in [1.54, 1.807) is 39.1 Å². The Hall–Kier alpha value is -1.79. The van der Waals surface area contributed by atoms with Crippen LogP contribution in [0, 0.1) is 19.7 Å². The normalized spacial score (nSPS) is 13.4. The number of halogens is 1. The molecule has 2 aromatic rings. The first-order valence-electron chi connectivity index (χ1n) is 6.91. The third-order valence-corrected chi connectivity index (χ3v) is 5.65. The highest BCUT2D eigenvalue weighted by atomic mass is 32.2. The molecule has 2 rings (SSSR count). The SMILES string of the molecule is Cc1cc(S(=O)(=O)N(C)C(C)c2ccccn2)cc(C)c1F. The van der Waals surface area contributed by atoms with Gasteiger partial charge in [0.1, 0.15) is 5.82 Å². The van der Waals surface area contributed by atoms with Crippen molar-refractivity contribution in [2.45, 2.75) is 31.7 Å². The summed E-state index contributed by atoms with van der Waals surface area (Å²) in [7, 11) is -2.22. The second-order valence-electron chi connectivity index (χ2n) is 5.32. The molecule has 0 saturated heterocycles. The van der Waals surface area contributed by atoms with Crippen molar-refractivity contribution < 1.29 is 12.8 Å². The van der Waals surface area contributed by atoms with Crippen LogP contribution in [-0.4, -0.2) is 24.8 Å². The van der Waals surface area contributed by atoms with Gasteiger partial charge in [0.15, 0.2) is 0 Å². The van der Waals surface area contributed by atoms with E-state index < -0.39 is 16.1 Å². The van der Waals surface area contributed by atoms with Crippen LogP contribution >= 0.6 is 0 Å². The Labute approximate surface area is 130 Å². The zero-order valence-corrected chi connectivity index (χ0v) is 13.9. The third kappa shape index (κ3) is 3.03. The van der Waals surface area contributed by atoms with Crippen LogP contribution in [0.3, 0.4) is 0 Å². The summed E-state index contributed by atoms with van der Waals surface area (Å²) in [6, 6.07) is 7.66. The summed E-state index contributed by atoms with van der Waals surface area (Å²) in [4.78, 5) is 4.28. The molecule has 0 fully saturated rings. The molecule has 0 N–H and O–H groups in total. The number of aryl methyl sites for hydroxylation is 2. The summed E-state index contributed by atoms with van der Waals surface area (Å²) < 4.78 is 40.4. The zero-order chi connectivity index (χ0) is 16.5. The fraction of sp³-hybridized carbons (Fsp3) is 0.312. The minimum atomic E-state index is -3.72. The molecule has 118 valence electrons. The Morgan fingerprint density at radius 3 is 2.27 bits per heavy atom. The van der Waals surface area contributed by atoms with E-state index in [-0.39, 0.29) is 10.7 Å². The fourth-order valence-corrected chi connectivity index (χ4v) is 3.75. The molecule has 0 aliphatic rings. The predicted molar refractivity (Wildman–Crippen MR) is 83.5 cm³/mol. The van der Waals surface area contributed by atoms with Gasteiger partial charge in [0.05, 0.1) is 16.6 Å². The van der Waals surface area contributed by atoms with Crippen LogP contribution in [0.5, 0.6) is 0 Å². The Kier molecular flexibility index (Phi) is 4.63. The Balaban J connectivity index is 2.42. The molecule has 4 nitrogen and oxygen atoms in total. The van der Waals surface area contributed by atoms with Gasteiger partial charge in [-0.05, 0) is 56.2 Å². The van der Waals surface area contributed by atoms with Crippen molar-refractivity contribution >= 4 is 10.0 Å². The molecule has 0 saturated carbocycles. The van der Waals surface area contributed by atoms with Gasteiger partial charge in [-0.25, -0.2) is 12.8 Å². The van der Waals surface area contributed by atoms with Crippen molar-refractivity contribution in [3.63, 3.8) is 0 Å². The van der Waals surface area contributed by atoms with E-state index >= 15 is 0 Å². The van der Waals surface area contributed by atoms with Gasteiger partial charge in [-0.15, -0.1) is 0 Å². The van der Waals surface area contributed by atoms with Gasteiger partial charge in [-0.2, -0.15) is 4.31 Å². The smallest absolute Gasteiger partial charge is 0.243 e. The van der Waals surface area contributed by atoms with Crippen LogP contribution in [0.1, 0.15) is 29.8 Å². The van der Waals surface area contributed by atoms with Crippen LogP contribution < -0.4 is 0 Å². The highest BCUT2D eigenvalue weighted by molar-refractivity contribution is 7.89. The minimum absolute atomic E-state index is 0.0918. The summed E-state index contributed by atoms with van der Waals surface area (Å²) in [5, 5.41) is 0. The molecular weight excluding hydrogens is 303 g/mol. The lowest BCUT2D eigenvalue weighted by Crippen LogP contribution is -2.30. The monoisotopic (exact) mass is 322 g/mol. The average Bonchev–Trinajstić information content (AvgIpc) is 2.51. The molecule has 0 aliphatic carbocycles. The number of hydrogen-bond donors (Lipinski definition) is 0. The minimum Gasteiger partial charge on any atom is -0.260 e. The summed E-state index contributed by atoms with van der Waals surface area (Å²) >= 11 is 0. The van der Waals surface area contributed by atoms with Crippen molar-refractivity contribution in [1.82, 2.24) is 9.29 Å². The molecule has 0 radical (unpaired) electrons. The van der Waals surface area contributed by atoms with Gasteiger partial charge in [0, 0.05) is 13.2 Å². The first-order chi connectivity index (χ1) is 10.2. The highest BCUT2D eigenvalue weighted by Crippen LogP contribution is 2.26. The number of benzene rings is 1. The first-order valence-corrected chi connectivity index (χ1v) is 8.35. The van der Waals surface area contributed by atoms with Crippen molar-refractivity contribution in [2.24, 2.45) is 0 Å². The molecule has 22 heavy (non-hydrogen) atoms. The van der Waals surface area contributed by atoms with E-state index in [2.05, 4.69) is 4.98 Å². The van der Waals surface area contributed by atoms with Crippen LogP contribution in [0.4, 0.5) is 4.39 Å². The molecule has 1 heterocycles. The summed E-state index contributed by atoms with van der Waals surface area (Å²) in [6.07, 6.45) is 1.62. The van der Waals surface area contributed by atoms with E-state index in [9.17, 15) is 12.8 Å². The average molecular weight is 322 g/mol. The maximum Gasteiger partial charge on any atom is 0.243 e. The molecule has 0 aliphatic heterocycles. The largest absolute Gasteiger partial charge is 0.260 e. The molecule has 0 spiro atoms. The number of pyridine rings is 1. The van der Waals surface area contributed by atoms with Crippen molar-refractivity contribution in [1.29, 1.82) is 0 Å². The molecule has 0 bridgehead atoms. The molecule has 1 aromatic carbocycles. The van der Waals surface area contributed by atoms with E-state index in [4.69, 9.17) is 0 Å². The lowest BCUT2D eigenvalue weighted by molar-refractivity contribution is 0.392. The maximum absolute atomic E-state index is 13.7. The molecule has 1 aromatic heterocycles. The Bertz CT molecular complexity index is 753. The summed E-state index contributed by atoms with van der Waals surface area (Å²) in [5.41, 5.74) is 1.29. The molecule has 1 atom stereocenters. The second-order valence-corrected chi connectivity index (χ2v) is 7.32. The van der Waals surface area contributed by atoms with Crippen LogP contribution in [0.2, 0.25) is 0 Å². The Morgan fingerprint density at radius 2 is 1.77 bits per heavy atom. The third-order valence-electron chi connectivity index (χ3n) is 3.75. The van der Waals surface area contributed by atoms with E-state index in [0.29, 0.717) is 16.8 Å². The standard InChI is InChI=1S/C16H19FN2O2S/c1-11-9-14(10-12(2)16(11)17)22(20,21)19(4)13(3)15-7-5-6-8-18-15/h5-10,13H,1-4H3. The summed E-state index contributed by atoms with van der Waals surface area (Å²) in [5.74, 6) is -0.376. The molecule has 0 amide bonds. The van der Waals surface area contributed by atoms with Gasteiger partial charge in [-0.3, -0.25) is 4.98 Å². The zero-order valence-electron chi connectivity index (χ0n) is 13.0. The van der Waals surface area contributed by atoms with E-state index in [0.717, 1.165) is 0 Å². The van der Waals surface area contributed by atoms with Crippen molar-refractivity contribution in [3.8, 4) is 0 Å². The van der Waals surface area contributed by atoms with Gasteiger partial charge in [0.2, 0.25) is 10.0 Å². The number of rotatable bonds is 4. The number of hydrogen-bond acceptors (Lipinski definition) is 3. The van der Waals surface area contributed by atoms with Crippen molar-refractivity contribution in [3.05, 3.63) is 59.2 Å². The number of nitrogens with zero attached hydrogens (tertiary/aromatic N) is 2. The lowest BCUT2D eigenvalue weighted by Gasteiger charge is -2.24. The first kappa shape index (κ1) is 16.6. The van der Waals surface area contributed by atoms with E-state index in [1.165, 1.54) is 23.5 Å². The van der Waals surface area contributed by atoms with Crippen molar-refractivity contribution in [2.75, 3.05) is 7.05 Å². The summed E-state index contributed by atoms with van der Waals surface area (Å²) in [6.45, 7) is 4.89. The van der Waals surface area contributed by atoms with Gasteiger partial charge < -0.3 is 0 Å². The Morgan fingerprint density at radius 1 is 1.18 bits per heavy atom. The highest BCUT2D eigenvalue weighted by Gasteiger charge is 2.27. The second kappa shape index (κ2) is 6.14. The van der Waals surface area contributed by atoms with Gasteiger partial charge >= 0.3 is 0 Å². The lowest BCUT2D eigenvalue weighted by atomic mass is 10.1. The predicted octanol–water partition coefficient (Wildman–Crippen LogP) is 3.22. The van der Waals surface area contributed by atoms with Gasteiger partial charge in [-0.1, -0.05) is 6.07 Å². The quantitative estimate of drug-likeness (QED) is 0.868. The van der Waals surface area contributed by atoms with Crippen LogP contribution in [0.25, 0.3) is 0 Å². The van der Waals surface area contributed by atoms with E-state index in [1.807, 2.05) is 6.07 Å². The fourth-order valence-electron chi connectivity index (χ4n) is 2.24. The van der Waals surface area contributed by atoms with Crippen LogP contribution in [-0.2, 0) is 10.0 Å². The number of sulfonamides is 1. The topological polar surface area (TPSA) is 50.3 Å². The van der Waals surface area contributed by atoms with Crippen LogP contribution in [0.15, 0.2) is 41.4 Å². The molecule has 1 unspecified atom stereocenters.